The van der Waals surface area contributed by atoms with Gasteiger partial charge in [-0.2, -0.15) is 0 Å². The lowest BCUT2D eigenvalue weighted by molar-refractivity contribution is 0.126. The Balaban J connectivity index is 1.58. The van der Waals surface area contributed by atoms with Gasteiger partial charge in [0.1, 0.15) is 5.84 Å². The number of oxime groups is 1. The zero-order valence-electron chi connectivity index (χ0n) is 9.81. The first-order valence-corrected chi connectivity index (χ1v) is 6.22. The quantitative estimate of drug-likeness (QED) is 0.306. The molecule has 5 heteroatoms. The highest BCUT2D eigenvalue weighted by molar-refractivity contribution is 5.79. The van der Waals surface area contributed by atoms with Crippen LogP contribution >= 0.6 is 0 Å². The first kappa shape index (κ1) is 11.7. The Hall–Kier alpha value is -0.810. The molecule has 0 aromatic carbocycles. The average molecular weight is 226 g/mol. The fraction of sp³-hybridized carbons (Fsp3) is 0.909. The standard InChI is InChI=1S/C11H22N4O/c12-11(13-16)2-1-5-14-6-8-15(9-7-14)10-3-4-10/h10,16H,1-9H2,(H2,12,13). The molecule has 0 spiro atoms. The maximum Gasteiger partial charge on any atom is 0.139 e. The molecule has 1 aliphatic carbocycles. The van der Waals surface area contributed by atoms with Gasteiger partial charge in [-0.15, -0.1) is 0 Å². The zero-order chi connectivity index (χ0) is 11.4. The molecule has 0 bridgehead atoms. The fourth-order valence-electron chi connectivity index (χ4n) is 2.33. The van der Waals surface area contributed by atoms with Crippen molar-refractivity contribution < 1.29 is 5.21 Å². The first-order valence-electron chi connectivity index (χ1n) is 6.22. The summed E-state index contributed by atoms with van der Waals surface area (Å²) >= 11 is 0. The number of piperazine rings is 1. The smallest absolute Gasteiger partial charge is 0.139 e. The van der Waals surface area contributed by atoms with E-state index in [2.05, 4.69) is 15.0 Å². The van der Waals surface area contributed by atoms with Gasteiger partial charge >= 0.3 is 0 Å². The summed E-state index contributed by atoms with van der Waals surface area (Å²) in [4.78, 5) is 5.09. The summed E-state index contributed by atoms with van der Waals surface area (Å²) in [7, 11) is 0. The molecule has 1 heterocycles. The summed E-state index contributed by atoms with van der Waals surface area (Å²) in [5.74, 6) is 0.344. The normalized spacial score (nSPS) is 24.9. The van der Waals surface area contributed by atoms with E-state index in [0.29, 0.717) is 12.3 Å². The Morgan fingerprint density at radius 2 is 1.94 bits per heavy atom. The predicted molar refractivity (Wildman–Crippen MR) is 63.7 cm³/mol. The van der Waals surface area contributed by atoms with Crippen LogP contribution in [0.4, 0.5) is 0 Å². The van der Waals surface area contributed by atoms with Crippen LogP contribution in [0.2, 0.25) is 0 Å². The van der Waals surface area contributed by atoms with Crippen LogP contribution in [0.1, 0.15) is 25.7 Å². The third-order valence-corrected chi connectivity index (χ3v) is 3.51. The van der Waals surface area contributed by atoms with Crippen molar-refractivity contribution in [2.24, 2.45) is 10.9 Å². The van der Waals surface area contributed by atoms with Crippen molar-refractivity contribution in [1.29, 1.82) is 0 Å². The third kappa shape index (κ3) is 3.35. The van der Waals surface area contributed by atoms with Crippen molar-refractivity contribution in [1.82, 2.24) is 9.80 Å². The second kappa shape index (κ2) is 5.50. The van der Waals surface area contributed by atoms with E-state index in [-0.39, 0.29) is 0 Å². The molecule has 2 rings (SSSR count). The van der Waals surface area contributed by atoms with E-state index in [1.807, 2.05) is 0 Å². The van der Waals surface area contributed by atoms with E-state index in [0.717, 1.165) is 19.0 Å². The monoisotopic (exact) mass is 226 g/mol. The minimum Gasteiger partial charge on any atom is -0.409 e. The minimum atomic E-state index is 0.344. The van der Waals surface area contributed by atoms with Gasteiger partial charge in [0.25, 0.3) is 0 Å². The molecule has 2 fully saturated rings. The van der Waals surface area contributed by atoms with Gasteiger partial charge in [-0.1, -0.05) is 5.16 Å². The zero-order valence-corrected chi connectivity index (χ0v) is 9.81. The van der Waals surface area contributed by atoms with E-state index < -0.39 is 0 Å². The van der Waals surface area contributed by atoms with Gasteiger partial charge < -0.3 is 15.8 Å². The van der Waals surface area contributed by atoms with Crippen LogP contribution in [0.15, 0.2) is 5.16 Å². The van der Waals surface area contributed by atoms with Gasteiger partial charge in [0, 0.05) is 38.6 Å². The summed E-state index contributed by atoms with van der Waals surface area (Å²) in [5.41, 5.74) is 5.43. The van der Waals surface area contributed by atoms with Crippen molar-refractivity contribution in [3.8, 4) is 0 Å². The van der Waals surface area contributed by atoms with Gasteiger partial charge in [0.15, 0.2) is 0 Å². The number of rotatable bonds is 5. The Labute approximate surface area is 96.9 Å². The molecule has 0 aromatic rings. The molecule has 0 radical (unpaired) electrons. The van der Waals surface area contributed by atoms with Gasteiger partial charge in [-0.3, -0.25) is 4.90 Å². The maximum absolute atomic E-state index is 8.42. The topological polar surface area (TPSA) is 65.1 Å². The van der Waals surface area contributed by atoms with Crippen molar-refractivity contribution in [3.63, 3.8) is 0 Å². The highest BCUT2D eigenvalue weighted by Gasteiger charge is 2.30. The molecule has 0 aromatic heterocycles. The number of nitrogens with zero attached hydrogens (tertiary/aromatic N) is 3. The molecule has 1 aliphatic heterocycles. The van der Waals surface area contributed by atoms with Crippen LogP contribution in [-0.2, 0) is 0 Å². The van der Waals surface area contributed by atoms with Crippen molar-refractivity contribution >= 4 is 5.84 Å². The number of nitrogens with two attached hydrogens (primary N) is 1. The predicted octanol–water partition coefficient (Wildman–Crippen LogP) is 0.293. The van der Waals surface area contributed by atoms with E-state index in [1.165, 1.54) is 39.0 Å². The summed E-state index contributed by atoms with van der Waals surface area (Å²) in [6.07, 6.45) is 4.49. The average Bonchev–Trinajstić information content (AvgIpc) is 3.14. The van der Waals surface area contributed by atoms with Crippen LogP contribution in [0.3, 0.4) is 0 Å². The fourth-order valence-corrected chi connectivity index (χ4v) is 2.33. The Kier molecular flexibility index (Phi) is 4.01. The highest BCUT2D eigenvalue weighted by atomic mass is 16.4. The van der Waals surface area contributed by atoms with Crippen LogP contribution in [0, 0.1) is 0 Å². The van der Waals surface area contributed by atoms with Crippen LogP contribution in [0.5, 0.6) is 0 Å². The Bertz CT molecular complexity index is 244. The van der Waals surface area contributed by atoms with E-state index in [1.54, 1.807) is 0 Å². The molecule has 0 amide bonds. The van der Waals surface area contributed by atoms with E-state index >= 15 is 0 Å². The Morgan fingerprint density at radius 1 is 1.25 bits per heavy atom. The lowest BCUT2D eigenvalue weighted by atomic mass is 10.2. The largest absolute Gasteiger partial charge is 0.409 e. The molecular formula is C11H22N4O. The number of hydrogen-bond acceptors (Lipinski definition) is 4. The highest BCUT2D eigenvalue weighted by Crippen LogP contribution is 2.27. The van der Waals surface area contributed by atoms with Crippen molar-refractivity contribution in [3.05, 3.63) is 0 Å². The summed E-state index contributed by atoms with van der Waals surface area (Å²) < 4.78 is 0. The SMILES string of the molecule is NC(CCCN1CCN(C2CC2)CC1)=NO. The third-order valence-electron chi connectivity index (χ3n) is 3.51. The molecule has 0 atom stereocenters. The molecule has 5 nitrogen and oxygen atoms in total. The van der Waals surface area contributed by atoms with Crippen LogP contribution < -0.4 is 5.73 Å². The first-order chi connectivity index (χ1) is 7.79. The van der Waals surface area contributed by atoms with Crippen LogP contribution in [-0.4, -0.2) is 59.6 Å². The number of amidine groups is 1. The van der Waals surface area contributed by atoms with Gasteiger partial charge in [-0.25, -0.2) is 0 Å². The minimum absolute atomic E-state index is 0.344. The van der Waals surface area contributed by atoms with E-state index in [9.17, 15) is 0 Å². The van der Waals surface area contributed by atoms with Crippen LogP contribution in [0.25, 0.3) is 0 Å². The lowest BCUT2D eigenvalue weighted by Crippen LogP contribution is -2.47. The van der Waals surface area contributed by atoms with Gasteiger partial charge in [0.2, 0.25) is 0 Å². The maximum atomic E-state index is 8.42. The summed E-state index contributed by atoms with van der Waals surface area (Å²) in [6.45, 7) is 5.84. The lowest BCUT2D eigenvalue weighted by Gasteiger charge is -2.34. The molecule has 0 unspecified atom stereocenters. The molecule has 1 saturated heterocycles. The molecule has 3 N–H and O–H groups in total. The molecular weight excluding hydrogens is 204 g/mol. The summed E-state index contributed by atoms with van der Waals surface area (Å²) in [6, 6.07) is 0.902. The second-order valence-corrected chi connectivity index (χ2v) is 4.80. The van der Waals surface area contributed by atoms with Crippen molar-refractivity contribution in [2.75, 3.05) is 32.7 Å². The van der Waals surface area contributed by atoms with Gasteiger partial charge in [-0.05, 0) is 25.8 Å². The Morgan fingerprint density at radius 3 is 2.50 bits per heavy atom. The summed E-state index contributed by atoms with van der Waals surface area (Å²) in [5, 5.41) is 11.4. The van der Waals surface area contributed by atoms with Gasteiger partial charge in [0.05, 0.1) is 0 Å². The molecule has 1 saturated carbocycles. The molecule has 16 heavy (non-hydrogen) atoms. The second-order valence-electron chi connectivity index (χ2n) is 4.80. The molecule has 92 valence electrons. The van der Waals surface area contributed by atoms with Crippen molar-refractivity contribution in [2.45, 2.75) is 31.7 Å². The number of hydrogen-bond donors (Lipinski definition) is 2. The van der Waals surface area contributed by atoms with E-state index in [4.69, 9.17) is 10.9 Å². The molecule has 2 aliphatic rings.